The SMILES string of the molecule is CN(C)C(=O)C[C@H]1CN2C[C@@H](NS(=O)(=O)c3cnn(C)c3)C[C@H]2CO1. The number of hydrogen-bond donors (Lipinski definition) is 1. The van der Waals surface area contributed by atoms with E-state index in [1.54, 1.807) is 26.0 Å². The molecule has 2 fully saturated rings. The minimum atomic E-state index is -3.57. The molecule has 0 spiro atoms. The van der Waals surface area contributed by atoms with Crippen molar-refractivity contribution in [2.24, 2.45) is 7.05 Å². The van der Waals surface area contributed by atoms with Gasteiger partial charge in [0.1, 0.15) is 4.90 Å². The van der Waals surface area contributed by atoms with E-state index in [4.69, 9.17) is 4.74 Å². The van der Waals surface area contributed by atoms with Crippen LogP contribution in [0.2, 0.25) is 0 Å². The first-order valence-corrected chi connectivity index (χ1v) is 9.79. The van der Waals surface area contributed by atoms with Crippen LogP contribution in [-0.4, -0.2) is 85.9 Å². The molecule has 2 aliphatic heterocycles. The largest absolute Gasteiger partial charge is 0.375 e. The number of nitrogens with zero attached hydrogens (tertiary/aromatic N) is 4. The fourth-order valence-electron chi connectivity index (χ4n) is 3.35. The zero-order valence-corrected chi connectivity index (χ0v) is 15.6. The van der Waals surface area contributed by atoms with Crippen LogP contribution in [0.5, 0.6) is 0 Å². The first-order chi connectivity index (χ1) is 11.7. The van der Waals surface area contributed by atoms with Crippen LogP contribution in [0.4, 0.5) is 0 Å². The molecule has 2 aliphatic rings. The van der Waals surface area contributed by atoms with Crippen LogP contribution in [0.25, 0.3) is 0 Å². The molecule has 140 valence electrons. The molecule has 25 heavy (non-hydrogen) atoms. The van der Waals surface area contributed by atoms with Crippen molar-refractivity contribution in [3.05, 3.63) is 12.4 Å². The fraction of sp³-hybridized carbons (Fsp3) is 0.733. The molecule has 2 saturated heterocycles. The molecule has 1 aromatic rings. The number of nitrogens with one attached hydrogen (secondary N) is 1. The summed E-state index contributed by atoms with van der Waals surface area (Å²) < 4.78 is 34.9. The lowest BCUT2D eigenvalue weighted by Crippen LogP contribution is -2.47. The van der Waals surface area contributed by atoms with Crippen LogP contribution in [0, 0.1) is 0 Å². The summed E-state index contributed by atoms with van der Waals surface area (Å²) in [6, 6.07) is 0.0226. The number of amides is 1. The van der Waals surface area contributed by atoms with E-state index in [1.165, 1.54) is 17.1 Å². The Kier molecular flexibility index (Phi) is 5.14. The van der Waals surface area contributed by atoms with Crippen LogP contribution in [0.15, 0.2) is 17.3 Å². The minimum absolute atomic E-state index is 0.0384. The highest BCUT2D eigenvalue weighted by atomic mass is 32.2. The van der Waals surface area contributed by atoms with E-state index in [2.05, 4.69) is 14.7 Å². The second-order valence-corrected chi connectivity index (χ2v) is 8.67. The van der Waals surface area contributed by atoms with Crippen molar-refractivity contribution in [1.29, 1.82) is 0 Å². The Hall–Kier alpha value is -1.49. The minimum Gasteiger partial charge on any atom is -0.375 e. The molecule has 0 aliphatic carbocycles. The molecule has 3 atom stereocenters. The summed E-state index contributed by atoms with van der Waals surface area (Å²) in [5.41, 5.74) is 0. The van der Waals surface area contributed by atoms with E-state index in [0.29, 0.717) is 32.5 Å². The second kappa shape index (κ2) is 7.02. The van der Waals surface area contributed by atoms with Gasteiger partial charge in [0.15, 0.2) is 0 Å². The standard InChI is InChI=1S/C15H25N5O4S/c1-18(2)15(21)5-13-8-20-7-11(4-12(20)10-24-13)17-25(22,23)14-6-16-19(3)9-14/h6,9,11-13,17H,4-5,7-8,10H2,1-3H3/t11-,12-,13-/m0/s1. The van der Waals surface area contributed by atoms with Crippen molar-refractivity contribution >= 4 is 15.9 Å². The normalized spacial score (nSPS) is 27.2. The van der Waals surface area contributed by atoms with Crippen molar-refractivity contribution in [3.63, 3.8) is 0 Å². The quantitative estimate of drug-likeness (QED) is 0.715. The Bertz CT molecular complexity index is 732. The molecule has 10 heteroatoms. The highest BCUT2D eigenvalue weighted by molar-refractivity contribution is 7.89. The molecule has 1 aromatic heterocycles. The number of hydrogen-bond acceptors (Lipinski definition) is 6. The van der Waals surface area contributed by atoms with E-state index in [1.807, 2.05) is 0 Å². The molecule has 0 bridgehead atoms. The van der Waals surface area contributed by atoms with Gasteiger partial charge in [-0.2, -0.15) is 5.10 Å². The molecule has 0 radical (unpaired) electrons. The van der Waals surface area contributed by atoms with Gasteiger partial charge in [0.25, 0.3) is 0 Å². The molecule has 0 saturated carbocycles. The van der Waals surface area contributed by atoms with Gasteiger partial charge in [-0.3, -0.25) is 14.4 Å². The van der Waals surface area contributed by atoms with Crippen molar-refractivity contribution in [2.45, 2.75) is 35.9 Å². The van der Waals surface area contributed by atoms with E-state index in [0.717, 1.165) is 0 Å². The molecule has 0 unspecified atom stereocenters. The summed E-state index contributed by atoms with van der Waals surface area (Å²) in [7, 11) is 1.57. The van der Waals surface area contributed by atoms with Crippen molar-refractivity contribution in [2.75, 3.05) is 33.8 Å². The number of ether oxygens (including phenoxy) is 1. The average molecular weight is 371 g/mol. The Balaban J connectivity index is 1.57. The third kappa shape index (κ3) is 4.20. The van der Waals surface area contributed by atoms with Gasteiger partial charge in [0.2, 0.25) is 15.9 Å². The topological polar surface area (TPSA) is 96.8 Å². The lowest BCUT2D eigenvalue weighted by molar-refractivity contribution is -0.134. The van der Waals surface area contributed by atoms with Gasteiger partial charge >= 0.3 is 0 Å². The molecule has 1 amide bonds. The molecular formula is C15H25N5O4S. The number of aryl methyl sites for hydroxylation is 1. The zero-order chi connectivity index (χ0) is 18.2. The van der Waals surface area contributed by atoms with Crippen molar-refractivity contribution < 1.29 is 17.9 Å². The molecule has 1 N–H and O–H groups in total. The maximum Gasteiger partial charge on any atom is 0.243 e. The lowest BCUT2D eigenvalue weighted by Gasteiger charge is -2.35. The summed E-state index contributed by atoms with van der Waals surface area (Å²) in [5, 5.41) is 3.91. The Morgan fingerprint density at radius 2 is 2.20 bits per heavy atom. The molecule has 0 aromatic carbocycles. The monoisotopic (exact) mass is 371 g/mol. The number of aromatic nitrogens is 2. The maximum absolute atomic E-state index is 12.4. The lowest BCUT2D eigenvalue weighted by atomic mass is 10.1. The predicted molar refractivity (Wildman–Crippen MR) is 90.3 cm³/mol. The molecular weight excluding hydrogens is 346 g/mol. The smallest absolute Gasteiger partial charge is 0.243 e. The summed E-state index contributed by atoms with van der Waals surface area (Å²) in [6.45, 7) is 1.80. The van der Waals surface area contributed by atoms with Gasteiger partial charge in [-0.25, -0.2) is 13.1 Å². The Morgan fingerprint density at radius 3 is 2.84 bits per heavy atom. The number of carbonyl (C=O) groups excluding carboxylic acids is 1. The van der Waals surface area contributed by atoms with E-state index >= 15 is 0 Å². The summed E-state index contributed by atoms with van der Waals surface area (Å²) in [5.74, 6) is 0.0384. The van der Waals surface area contributed by atoms with Gasteiger partial charge in [-0.15, -0.1) is 0 Å². The number of morpholine rings is 1. The summed E-state index contributed by atoms with van der Waals surface area (Å²) >= 11 is 0. The van der Waals surface area contributed by atoms with Gasteiger partial charge in [0, 0.05) is 52.5 Å². The molecule has 3 heterocycles. The average Bonchev–Trinajstić information content (AvgIpc) is 3.12. The first-order valence-electron chi connectivity index (χ1n) is 8.31. The van der Waals surface area contributed by atoms with Gasteiger partial charge < -0.3 is 9.64 Å². The number of sulfonamides is 1. The highest BCUT2D eigenvalue weighted by Crippen LogP contribution is 2.25. The van der Waals surface area contributed by atoms with E-state index in [-0.39, 0.29) is 29.0 Å². The third-order valence-electron chi connectivity index (χ3n) is 4.70. The van der Waals surface area contributed by atoms with Gasteiger partial charge in [-0.1, -0.05) is 0 Å². The maximum atomic E-state index is 12.4. The van der Waals surface area contributed by atoms with Crippen LogP contribution in [-0.2, 0) is 26.6 Å². The second-order valence-electron chi connectivity index (χ2n) is 6.96. The van der Waals surface area contributed by atoms with E-state index < -0.39 is 10.0 Å². The van der Waals surface area contributed by atoms with Crippen LogP contribution in [0.3, 0.4) is 0 Å². The van der Waals surface area contributed by atoms with Crippen LogP contribution in [0.1, 0.15) is 12.8 Å². The van der Waals surface area contributed by atoms with Crippen molar-refractivity contribution in [1.82, 2.24) is 24.3 Å². The first kappa shape index (κ1) is 18.3. The molecule has 9 nitrogen and oxygen atoms in total. The number of rotatable bonds is 5. The highest BCUT2D eigenvalue weighted by Gasteiger charge is 2.39. The fourth-order valence-corrected chi connectivity index (χ4v) is 4.58. The van der Waals surface area contributed by atoms with Crippen LogP contribution >= 0.6 is 0 Å². The number of fused-ring (bicyclic) bond motifs is 1. The van der Waals surface area contributed by atoms with Crippen LogP contribution < -0.4 is 4.72 Å². The summed E-state index contributed by atoms with van der Waals surface area (Å²) in [4.78, 5) is 15.8. The van der Waals surface area contributed by atoms with E-state index in [9.17, 15) is 13.2 Å². The number of carbonyl (C=O) groups is 1. The summed E-state index contributed by atoms with van der Waals surface area (Å²) in [6.07, 6.45) is 3.74. The van der Waals surface area contributed by atoms with Crippen molar-refractivity contribution in [3.8, 4) is 0 Å². The van der Waals surface area contributed by atoms with Gasteiger partial charge in [-0.05, 0) is 6.42 Å². The molecule has 3 rings (SSSR count). The Labute approximate surface area is 148 Å². The zero-order valence-electron chi connectivity index (χ0n) is 14.8. The van der Waals surface area contributed by atoms with Gasteiger partial charge in [0.05, 0.1) is 25.3 Å². The predicted octanol–water partition coefficient (Wildman–Crippen LogP) is -0.982. The Morgan fingerprint density at radius 1 is 1.44 bits per heavy atom. The third-order valence-corrected chi connectivity index (χ3v) is 6.18.